The highest BCUT2D eigenvalue weighted by molar-refractivity contribution is 5.92. The van der Waals surface area contributed by atoms with Gasteiger partial charge in [-0.2, -0.15) is 0 Å². The summed E-state index contributed by atoms with van der Waals surface area (Å²) in [5.41, 5.74) is 4.32. The molecule has 156 valence electrons. The van der Waals surface area contributed by atoms with Crippen LogP contribution in [0.1, 0.15) is 48.4 Å². The molecule has 7 heteroatoms. The van der Waals surface area contributed by atoms with Gasteiger partial charge in [0.25, 0.3) is 5.91 Å². The number of aromatic nitrogens is 2. The van der Waals surface area contributed by atoms with Crippen molar-refractivity contribution in [2.75, 3.05) is 36.5 Å². The molecular formula is C22H31N5O2. The largest absolute Gasteiger partial charge is 0.376 e. The molecule has 0 radical (unpaired) electrons. The molecule has 1 fully saturated rings. The van der Waals surface area contributed by atoms with E-state index in [0.717, 1.165) is 49.5 Å². The van der Waals surface area contributed by atoms with Crippen molar-refractivity contribution in [3.05, 3.63) is 41.2 Å². The lowest BCUT2D eigenvalue weighted by atomic mass is 10.1. The minimum atomic E-state index is -0.206. The topological polar surface area (TPSA) is 79.4 Å². The van der Waals surface area contributed by atoms with Gasteiger partial charge in [-0.1, -0.05) is 0 Å². The van der Waals surface area contributed by atoms with Crippen LogP contribution in [0.4, 0.5) is 17.3 Å². The molecule has 0 saturated carbocycles. The monoisotopic (exact) mass is 397 g/mol. The van der Waals surface area contributed by atoms with E-state index in [4.69, 9.17) is 4.74 Å². The number of anilines is 3. The number of carbonyl (C=O) groups excluding carboxylic acids is 1. The molecule has 3 rings (SSSR count). The Labute approximate surface area is 172 Å². The first-order chi connectivity index (χ1) is 14.0. The molecular weight excluding hydrogens is 366 g/mol. The van der Waals surface area contributed by atoms with E-state index in [0.29, 0.717) is 18.2 Å². The van der Waals surface area contributed by atoms with E-state index < -0.39 is 0 Å². The lowest BCUT2D eigenvalue weighted by Gasteiger charge is -2.22. The van der Waals surface area contributed by atoms with Crippen LogP contribution in [0.15, 0.2) is 24.3 Å². The molecule has 2 aromatic rings. The lowest BCUT2D eigenvalue weighted by Crippen LogP contribution is -2.32. The third-order valence-corrected chi connectivity index (χ3v) is 5.19. The Bertz CT molecular complexity index is 845. The Hall–Kier alpha value is -2.67. The summed E-state index contributed by atoms with van der Waals surface area (Å²) in [4.78, 5) is 23.7. The Morgan fingerprint density at radius 3 is 2.66 bits per heavy atom. The molecule has 1 aromatic carbocycles. The van der Waals surface area contributed by atoms with Crippen LogP contribution in [-0.4, -0.2) is 48.2 Å². The summed E-state index contributed by atoms with van der Waals surface area (Å²) < 4.78 is 5.56. The van der Waals surface area contributed by atoms with E-state index in [1.807, 2.05) is 13.0 Å². The first-order valence-corrected chi connectivity index (χ1v) is 10.4. The molecule has 29 heavy (non-hydrogen) atoms. The van der Waals surface area contributed by atoms with E-state index in [9.17, 15) is 4.79 Å². The molecule has 7 nitrogen and oxygen atoms in total. The van der Waals surface area contributed by atoms with Crippen molar-refractivity contribution in [1.29, 1.82) is 0 Å². The molecule has 1 aliphatic heterocycles. The van der Waals surface area contributed by atoms with Gasteiger partial charge in [0, 0.05) is 43.3 Å². The van der Waals surface area contributed by atoms with E-state index in [-0.39, 0.29) is 12.0 Å². The number of nitrogens with one attached hydrogen (secondary N) is 2. The summed E-state index contributed by atoms with van der Waals surface area (Å²) in [7, 11) is 0. The maximum absolute atomic E-state index is 12.5. The molecule has 0 aliphatic carbocycles. The van der Waals surface area contributed by atoms with Gasteiger partial charge in [0.05, 0.1) is 6.10 Å². The van der Waals surface area contributed by atoms with Crippen molar-refractivity contribution in [3.8, 4) is 0 Å². The van der Waals surface area contributed by atoms with Gasteiger partial charge in [0.15, 0.2) is 0 Å². The summed E-state index contributed by atoms with van der Waals surface area (Å²) >= 11 is 0. The summed E-state index contributed by atoms with van der Waals surface area (Å²) in [5, 5.41) is 6.18. The minimum absolute atomic E-state index is 0.103. The average Bonchev–Trinajstić information content (AvgIpc) is 3.22. The predicted octanol–water partition coefficient (Wildman–Crippen LogP) is 3.59. The van der Waals surface area contributed by atoms with Gasteiger partial charge in [0.2, 0.25) is 5.95 Å². The lowest BCUT2D eigenvalue weighted by molar-refractivity contribution is 0.0853. The number of rotatable bonds is 8. The average molecular weight is 398 g/mol. The van der Waals surface area contributed by atoms with E-state index >= 15 is 0 Å². The maximum atomic E-state index is 12.5. The van der Waals surface area contributed by atoms with Crippen molar-refractivity contribution in [3.63, 3.8) is 0 Å². The fourth-order valence-electron chi connectivity index (χ4n) is 3.54. The van der Waals surface area contributed by atoms with Gasteiger partial charge in [-0.3, -0.25) is 4.79 Å². The zero-order valence-electron chi connectivity index (χ0n) is 17.8. The molecule has 2 heterocycles. The second-order valence-corrected chi connectivity index (χ2v) is 7.36. The van der Waals surface area contributed by atoms with Gasteiger partial charge >= 0.3 is 0 Å². The summed E-state index contributed by atoms with van der Waals surface area (Å²) in [6, 6.07) is 7.98. The number of aryl methyl sites for hydroxylation is 2. The standard InChI is InChI=1S/C22H31N5O2/c1-5-27(6-2)17-9-10-19(15(3)12-17)25-22-24-16(4)13-20(26-22)21(28)23-14-18-8-7-11-29-18/h9-10,12-13,18H,5-8,11,14H2,1-4H3,(H,23,28)(H,24,25,26). The molecule has 0 spiro atoms. The van der Waals surface area contributed by atoms with Crippen LogP contribution in [0.25, 0.3) is 0 Å². The van der Waals surface area contributed by atoms with Crippen LogP contribution in [0.5, 0.6) is 0 Å². The molecule has 1 saturated heterocycles. The van der Waals surface area contributed by atoms with Crippen molar-refractivity contribution < 1.29 is 9.53 Å². The Balaban J connectivity index is 1.71. The number of carbonyl (C=O) groups is 1. The highest BCUT2D eigenvalue weighted by Gasteiger charge is 2.18. The van der Waals surface area contributed by atoms with Crippen LogP contribution < -0.4 is 15.5 Å². The van der Waals surface area contributed by atoms with Crippen molar-refractivity contribution >= 4 is 23.2 Å². The van der Waals surface area contributed by atoms with Crippen LogP contribution in [0.3, 0.4) is 0 Å². The zero-order valence-corrected chi connectivity index (χ0v) is 17.8. The van der Waals surface area contributed by atoms with Gasteiger partial charge in [-0.25, -0.2) is 9.97 Å². The predicted molar refractivity (Wildman–Crippen MR) is 116 cm³/mol. The number of amides is 1. The van der Waals surface area contributed by atoms with Crippen molar-refractivity contribution in [1.82, 2.24) is 15.3 Å². The number of nitrogens with zero attached hydrogens (tertiary/aromatic N) is 3. The second-order valence-electron chi connectivity index (χ2n) is 7.36. The van der Waals surface area contributed by atoms with Gasteiger partial charge in [0.1, 0.15) is 5.69 Å². The first-order valence-electron chi connectivity index (χ1n) is 10.4. The molecule has 1 amide bonds. The third-order valence-electron chi connectivity index (χ3n) is 5.19. The highest BCUT2D eigenvalue weighted by atomic mass is 16.5. The molecule has 2 N–H and O–H groups in total. The number of hydrogen-bond acceptors (Lipinski definition) is 6. The van der Waals surface area contributed by atoms with Crippen LogP contribution in [0.2, 0.25) is 0 Å². The second kappa shape index (κ2) is 9.69. The molecule has 1 unspecified atom stereocenters. The van der Waals surface area contributed by atoms with Gasteiger partial charge in [-0.05, 0) is 70.4 Å². The summed E-state index contributed by atoms with van der Waals surface area (Å²) in [5.74, 6) is 0.216. The highest BCUT2D eigenvalue weighted by Crippen LogP contribution is 2.24. The Morgan fingerprint density at radius 1 is 1.21 bits per heavy atom. The Morgan fingerprint density at radius 2 is 2.00 bits per heavy atom. The first kappa shape index (κ1) is 21.0. The van der Waals surface area contributed by atoms with Crippen molar-refractivity contribution in [2.24, 2.45) is 0 Å². The number of ether oxygens (including phenoxy) is 1. The van der Waals surface area contributed by atoms with E-state index in [2.05, 4.69) is 58.4 Å². The van der Waals surface area contributed by atoms with Crippen LogP contribution >= 0.6 is 0 Å². The summed E-state index contributed by atoms with van der Waals surface area (Å²) in [6.07, 6.45) is 2.14. The number of benzene rings is 1. The fraction of sp³-hybridized carbons (Fsp3) is 0.500. The number of hydrogen-bond donors (Lipinski definition) is 2. The normalized spacial score (nSPS) is 15.9. The van der Waals surface area contributed by atoms with Crippen LogP contribution in [0, 0.1) is 13.8 Å². The van der Waals surface area contributed by atoms with Gasteiger partial charge < -0.3 is 20.3 Å². The van der Waals surface area contributed by atoms with Gasteiger partial charge in [-0.15, -0.1) is 0 Å². The zero-order chi connectivity index (χ0) is 20.8. The third kappa shape index (κ3) is 5.44. The van der Waals surface area contributed by atoms with E-state index in [1.165, 1.54) is 5.69 Å². The van der Waals surface area contributed by atoms with Crippen molar-refractivity contribution in [2.45, 2.75) is 46.6 Å². The molecule has 1 aliphatic rings. The molecule has 1 aromatic heterocycles. The fourth-order valence-corrected chi connectivity index (χ4v) is 3.54. The molecule has 0 bridgehead atoms. The van der Waals surface area contributed by atoms with Crippen LogP contribution in [-0.2, 0) is 4.74 Å². The maximum Gasteiger partial charge on any atom is 0.270 e. The Kier molecular flexibility index (Phi) is 7.04. The minimum Gasteiger partial charge on any atom is -0.376 e. The quantitative estimate of drug-likeness (QED) is 0.709. The smallest absolute Gasteiger partial charge is 0.270 e. The molecule has 1 atom stereocenters. The van der Waals surface area contributed by atoms with E-state index in [1.54, 1.807) is 6.07 Å². The summed E-state index contributed by atoms with van der Waals surface area (Å²) in [6.45, 7) is 11.4. The SMILES string of the molecule is CCN(CC)c1ccc(Nc2nc(C)cc(C(=O)NCC3CCCO3)n2)c(C)c1.